The molecule has 1 amide bonds. The van der Waals surface area contributed by atoms with E-state index >= 15 is 0 Å². The first-order valence-corrected chi connectivity index (χ1v) is 9.60. The Kier molecular flexibility index (Phi) is 5.97. The summed E-state index contributed by atoms with van der Waals surface area (Å²) in [6, 6.07) is -2.02. The molecule has 0 spiro atoms. The van der Waals surface area contributed by atoms with E-state index < -0.39 is 30.3 Å². The van der Waals surface area contributed by atoms with Crippen molar-refractivity contribution in [3.8, 4) is 0 Å². The van der Waals surface area contributed by atoms with E-state index in [1.54, 1.807) is 23.4 Å². The van der Waals surface area contributed by atoms with Crippen molar-refractivity contribution in [2.75, 3.05) is 26.2 Å². The molecule has 4 atom stereocenters. The molecule has 29 heavy (non-hydrogen) atoms. The van der Waals surface area contributed by atoms with Crippen molar-refractivity contribution >= 4 is 53.1 Å². The molecule has 1 aromatic rings. The first kappa shape index (κ1) is 21.3. The molecule has 1 aromatic heterocycles. The molecule has 12 nitrogen and oxygen atoms in total. The van der Waals surface area contributed by atoms with Gasteiger partial charge in [0, 0.05) is 13.5 Å². The molecule has 0 fully saturated rings. The van der Waals surface area contributed by atoms with Gasteiger partial charge in [-0.3, -0.25) is 17.5 Å². The summed E-state index contributed by atoms with van der Waals surface area (Å²) >= 11 is 2.07. The number of carbonyl (C=O) groups excluding carboxylic acids is 3. The fourth-order valence-electron chi connectivity index (χ4n) is 3.43. The number of aryl methyl sites for hydroxylation is 1. The predicted molar refractivity (Wildman–Crippen MR) is 109 cm³/mol. The van der Waals surface area contributed by atoms with Crippen LogP contribution in [0.2, 0.25) is 0 Å². The summed E-state index contributed by atoms with van der Waals surface area (Å²) < 4.78 is 12.4. The van der Waals surface area contributed by atoms with Crippen LogP contribution >= 0.6 is 22.9 Å². The zero-order valence-electron chi connectivity index (χ0n) is 16.2. The maximum absolute atomic E-state index is 13.1. The van der Waals surface area contributed by atoms with Gasteiger partial charge in [-0.2, -0.15) is 0 Å². The summed E-state index contributed by atoms with van der Waals surface area (Å²) in [5.41, 5.74) is 0.940. The van der Waals surface area contributed by atoms with Crippen LogP contribution in [-0.2, 0) is 20.7 Å². The molecule has 13 heteroatoms. The van der Waals surface area contributed by atoms with Gasteiger partial charge >= 0.3 is 12.1 Å². The minimum atomic E-state index is -1.38. The summed E-state index contributed by atoms with van der Waals surface area (Å²) in [6.45, 7) is 1.70. The van der Waals surface area contributed by atoms with Gasteiger partial charge in [-0.05, 0) is 6.92 Å². The minimum Gasteiger partial charge on any atom is -0.467 e. The maximum Gasteiger partial charge on any atom is 0.407 e. The van der Waals surface area contributed by atoms with E-state index in [0.717, 1.165) is 14.2 Å². The minimum absolute atomic E-state index is 0.128. The van der Waals surface area contributed by atoms with Gasteiger partial charge in [0.05, 0.1) is 60.9 Å². The highest BCUT2D eigenvalue weighted by Gasteiger charge is 2.46. The van der Waals surface area contributed by atoms with Crippen LogP contribution in [0.3, 0.4) is 0 Å². The van der Waals surface area contributed by atoms with Crippen molar-refractivity contribution in [3.63, 3.8) is 0 Å². The highest BCUT2D eigenvalue weighted by atomic mass is 127. The van der Waals surface area contributed by atoms with Crippen LogP contribution in [0.5, 0.6) is 0 Å². The standard InChI is InChI=1S/C16H21IN6O6/c1-7-8(5-9(24)10(14(26)28-3)20-16(27)29-4)23-13(25)11-12(22(17)6-18-11)21(2)15(23)19-7/h6,9-12,24H,5H2,1-4H3,(H,20,27). The number of nitrogens with zero attached hydrogens (tertiary/aromatic N) is 5. The highest BCUT2D eigenvalue weighted by Crippen LogP contribution is 2.33. The van der Waals surface area contributed by atoms with Crippen LogP contribution in [0.1, 0.15) is 16.2 Å². The van der Waals surface area contributed by atoms with Crippen molar-refractivity contribution in [1.82, 2.24) is 18.0 Å². The highest BCUT2D eigenvalue weighted by molar-refractivity contribution is 14.1. The van der Waals surface area contributed by atoms with Crippen molar-refractivity contribution in [3.05, 3.63) is 11.4 Å². The summed E-state index contributed by atoms with van der Waals surface area (Å²) in [5.74, 6) is -0.709. The molecule has 0 aromatic carbocycles. The number of aromatic nitrogens is 2. The molecule has 3 heterocycles. The van der Waals surface area contributed by atoms with E-state index in [2.05, 4.69) is 47.6 Å². The Hall–Kier alpha value is -2.42. The molecule has 2 aliphatic heterocycles. The second-order valence-corrected chi connectivity index (χ2v) is 7.72. The molecule has 0 bridgehead atoms. The second kappa shape index (κ2) is 8.14. The Morgan fingerprint density at radius 2 is 2.07 bits per heavy atom. The molecular weight excluding hydrogens is 499 g/mol. The first-order chi connectivity index (χ1) is 13.7. The van der Waals surface area contributed by atoms with E-state index in [4.69, 9.17) is 0 Å². The van der Waals surface area contributed by atoms with Crippen LogP contribution in [0.4, 0.5) is 10.7 Å². The van der Waals surface area contributed by atoms with Gasteiger partial charge in [0.25, 0.3) is 5.91 Å². The van der Waals surface area contributed by atoms with Gasteiger partial charge in [-0.25, -0.2) is 14.6 Å². The Morgan fingerprint density at radius 3 is 2.69 bits per heavy atom. The number of halogens is 1. The number of fused-ring (bicyclic) bond motifs is 2. The number of anilines is 1. The number of hydrogen-bond donors (Lipinski definition) is 2. The van der Waals surface area contributed by atoms with E-state index in [1.165, 1.54) is 4.57 Å². The number of aliphatic hydroxyl groups is 1. The summed E-state index contributed by atoms with van der Waals surface area (Å²) in [5, 5.41) is 12.9. The lowest BCUT2D eigenvalue weighted by Crippen LogP contribution is -2.55. The van der Waals surface area contributed by atoms with Gasteiger partial charge in [0.2, 0.25) is 5.95 Å². The van der Waals surface area contributed by atoms with Gasteiger partial charge in [0.1, 0.15) is 6.17 Å². The molecule has 0 radical (unpaired) electrons. The van der Waals surface area contributed by atoms with E-state index in [9.17, 15) is 19.5 Å². The fourth-order valence-corrected chi connectivity index (χ4v) is 4.25. The van der Waals surface area contributed by atoms with Crippen molar-refractivity contribution in [2.24, 2.45) is 4.99 Å². The number of imidazole rings is 1. The van der Waals surface area contributed by atoms with Crippen LogP contribution in [-0.4, -0.2) is 87.7 Å². The molecule has 2 aliphatic rings. The average Bonchev–Trinajstić information content (AvgIpc) is 3.24. The number of likely N-dealkylation sites (N-methyl/N-ethyl adjacent to an activating group) is 1. The maximum atomic E-state index is 13.1. The number of carbonyl (C=O) groups is 3. The smallest absolute Gasteiger partial charge is 0.407 e. The Labute approximate surface area is 180 Å². The number of nitrogens with one attached hydrogen (secondary N) is 1. The third-order valence-corrected chi connectivity index (χ3v) is 5.73. The van der Waals surface area contributed by atoms with Gasteiger partial charge in [-0.1, -0.05) is 0 Å². The lowest BCUT2D eigenvalue weighted by Gasteiger charge is -2.36. The van der Waals surface area contributed by atoms with Gasteiger partial charge in [-0.15, -0.1) is 0 Å². The monoisotopic (exact) mass is 520 g/mol. The van der Waals surface area contributed by atoms with E-state index in [1.807, 2.05) is 4.90 Å². The normalized spacial score (nSPS) is 22.1. The van der Waals surface area contributed by atoms with Crippen molar-refractivity contribution in [2.45, 2.75) is 37.7 Å². The fraction of sp³-hybridized carbons (Fsp3) is 0.562. The third kappa shape index (κ3) is 3.63. The van der Waals surface area contributed by atoms with Crippen molar-refractivity contribution < 1.29 is 29.0 Å². The SMILES string of the molecule is COC(=O)NC(C(=O)OC)C(O)Cc1c(C)nc2n1C(=O)C1N=CN(I)C1N2C. The largest absolute Gasteiger partial charge is 0.467 e. The van der Waals surface area contributed by atoms with Gasteiger partial charge in [0.15, 0.2) is 12.1 Å². The number of esters is 1. The number of rotatable bonds is 5. The van der Waals surface area contributed by atoms with Crippen LogP contribution in [0.25, 0.3) is 0 Å². The molecule has 2 N–H and O–H groups in total. The zero-order chi connectivity index (χ0) is 21.5. The topological polar surface area (TPSA) is 139 Å². The number of hydrogen-bond acceptors (Lipinski definition) is 10. The molecular formula is C16H21IN6O6. The predicted octanol–water partition coefficient (Wildman–Crippen LogP) is -0.529. The molecule has 0 saturated carbocycles. The van der Waals surface area contributed by atoms with Crippen LogP contribution in [0.15, 0.2) is 4.99 Å². The molecule has 0 aliphatic carbocycles. The number of amides is 1. The van der Waals surface area contributed by atoms with E-state index in [-0.39, 0.29) is 18.5 Å². The number of ether oxygens (including phenoxy) is 2. The zero-order valence-corrected chi connectivity index (χ0v) is 18.4. The van der Waals surface area contributed by atoms with E-state index in [0.29, 0.717) is 17.3 Å². The molecule has 0 saturated heterocycles. The van der Waals surface area contributed by atoms with Crippen LogP contribution in [0, 0.1) is 6.92 Å². The molecule has 158 valence electrons. The average molecular weight is 520 g/mol. The van der Waals surface area contributed by atoms with Crippen LogP contribution < -0.4 is 10.2 Å². The lowest BCUT2D eigenvalue weighted by atomic mass is 10.0. The Balaban J connectivity index is 1.93. The number of aliphatic hydroxyl groups excluding tert-OH is 1. The molecule has 3 rings (SSSR count). The third-order valence-electron chi connectivity index (χ3n) is 4.91. The van der Waals surface area contributed by atoms with Gasteiger partial charge < -0.3 is 24.8 Å². The first-order valence-electron chi connectivity index (χ1n) is 8.64. The lowest BCUT2D eigenvalue weighted by molar-refractivity contribution is -0.146. The number of methoxy groups -OCH3 is 2. The molecule has 4 unspecified atom stereocenters. The van der Waals surface area contributed by atoms with Crippen molar-refractivity contribution in [1.29, 1.82) is 0 Å². The number of aliphatic imine (C=N–C) groups is 1. The summed E-state index contributed by atoms with van der Waals surface area (Å²) in [4.78, 5) is 47.2. The number of alkyl carbamates (subject to hydrolysis) is 1. The Morgan fingerprint density at radius 1 is 1.38 bits per heavy atom. The summed E-state index contributed by atoms with van der Waals surface area (Å²) in [6.07, 6.45) is -1.11. The summed E-state index contributed by atoms with van der Waals surface area (Å²) in [7, 11) is 4.08. The second-order valence-electron chi connectivity index (χ2n) is 6.60. The quantitative estimate of drug-likeness (QED) is 0.298. The Bertz CT molecular complexity index is 872.